The summed E-state index contributed by atoms with van der Waals surface area (Å²) in [6, 6.07) is 7.79. The molecule has 0 bridgehead atoms. The Hall–Kier alpha value is -1.35. The molecule has 2 rings (SSSR count). The number of fused-ring (bicyclic) bond motifs is 1. The van der Waals surface area contributed by atoms with Gasteiger partial charge in [0.1, 0.15) is 0 Å². The average Bonchev–Trinajstić information content (AvgIpc) is 2.39. The molecule has 1 atom stereocenters. The van der Waals surface area contributed by atoms with E-state index in [1.165, 1.54) is 0 Å². The van der Waals surface area contributed by atoms with Crippen molar-refractivity contribution in [2.24, 2.45) is 0 Å². The van der Waals surface area contributed by atoms with Gasteiger partial charge in [-0.15, -0.1) is 0 Å². The standard InChI is InChI=1S/C11H13NO2/c13-11(14)10-7-12-6-5-8-3-1-2-4-9(8)10/h1-4,10,12H,5-7H2,(H,13,14). The minimum absolute atomic E-state index is 0.395. The fourth-order valence-electron chi connectivity index (χ4n) is 1.90. The van der Waals surface area contributed by atoms with Crippen LogP contribution in [0.3, 0.4) is 0 Å². The number of carboxylic acids is 1. The number of aliphatic carboxylic acids is 1. The largest absolute Gasteiger partial charge is 0.481 e. The summed E-state index contributed by atoms with van der Waals surface area (Å²) in [5.41, 5.74) is 2.12. The molecular formula is C11H13NO2. The summed E-state index contributed by atoms with van der Waals surface area (Å²) in [5.74, 6) is -1.14. The van der Waals surface area contributed by atoms with Crippen molar-refractivity contribution in [1.29, 1.82) is 0 Å². The van der Waals surface area contributed by atoms with Gasteiger partial charge in [0, 0.05) is 6.54 Å². The highest BCUT2D eigenvalue weighted by atomic mass is 16.4. The third-order valence-electron chi connectivity index (χ3n) is 2.65. The number of carboxylic acid groups (broad SMARTS) is 1. The van der Waals surface area contributed by atoms with E-state index in [-0.39, 0.29) is 0 Å². The Balaban J connectivity index is 2.42. The van der Waals surface area contributed by atoms with Crippen molar-refractivity contribution in [3.8, 4) is 0 Å². The summed E-state index contributed by atoms with van der Waals surface area (Å²) in [7, 11) is 0. The minimum Gasteiger partial charge on any atom is -0.481 e. The molecule has 0 saturated heterocycles. The lowest BCUT2D eigenvalue weighted by atomic mass is 9.94. The topological polar surface area (TPSA) is 49.3 Å². The van der Waals surface area contributed by atoms with Gasteiger partial charge in [0.05, 0.1) is 5.92 Å². The molecule has 0 fully saturated rings. The zero-order valence-corrected chi connectivity index (χ0v) is 7.86. The summed E-state index contributed by atoms with van der Waals surface area (Å²) in [4.78, 5) is 11.0. The molecule has 1 unspecified atom stereocenters. The van der Waals surface area contributed by atoms with Crippen LogP contribution in [0.15, 0.2) is 24.3 Å². The summed E-state index contributed by atoms with van der Waals surface area (Å²) in [5, 5.41) is 12.2. The van der Waals surface area contributed by atoms with Gasteiger partial charge in [0.15, 0.2) is 0 Å². The average molecular weight is 191 g/mol. The van der Waals surface area contributed by atoms with Crippen LogP contribution in [0.1, 0.15) is 17.0 Å². The van der Waals surface area contributed by atoms with Gasteiger partial charge in [0.25, 0.3) is 0 Å². The first-order chi connectivity index (χ1) is 6.79. The second-order valence-electron chi connectivity index (χ2n) is 3.54. The number of carbonyl (C=O) groups is 1. The SMILES string of the molecule is O=C(O)C1CNCCc2ccccc21. The maximum absolute atomic E-state index is 11.0. The molecule has 1 aromatic carbocycles. The third-order valence-corrected chi connectivity index (χ3v) is 2.65. The molecule has 1 heterocycles. The smallest absolute Gasteiger partial charge is 0.312 e. The Morgan fingerprint density at radius 2 is 2.21 bits per heavy atom. The van der Waals surface area contributed by atoms with E-state index in [1.54, 1.807) is 0 Å². The van der Waals surface area contributed by atoms with Crippen LogP contribution < -0.4 is 5.32 Å². The van der Waals surface area contributed by atoms with Crippen molar-refractivity contribution in [3.63, 3.8) is 0 Å². The lowest BCUT2D eigenvalue weighted by molar-refractivity contribution is -0.138. The molecule has 3 nitrogen and oxygen atoms in total. The van der Waals surface area contributed by atoms with Crippen molar-refractivity contribution in [2.75, 3.05) is 13.1 Å². The molecule has 0 amide bonds. The van der Waals surface area contributed by atoms with Crippen LogP contribution in [0.25, 0.3) is 0 Å². The molecule has 0 spiro atoms. The van der Waals surface area contributed by atoms with E-state index in [2.05, 4.69) is 5.32 Å². The summed E-state index contributed by atoms with van der Waals surface area (Å²) in [6.07, 6.45) is 0.917. The molecule has 1 aromatic rings. The number of benzene rings is 1. The van der Waals surface area contributed by atoms with Crippen LogP contribution in [0.2, 0.25) is 0 Å². The quantitative estimate of drug-likeness (QED) is 0.696. The molecule has 0 aromatic heterocycles. The number of rotatable bonds is 1. The molecule has 0 radical (unpaired) electrons. The van der Waals surface area contributed by atoms with Crippen LogP contribution in [0.4, 0.5) is 0 Å². The molecule has 0 saturated carbocycles. The van der Waals surface area contributed by atoms with Crippen LogP contribution >= 0.6 is 0 Å². The lowest BCUT2D eigenvalue weighted by Gasteiger charge is -2.12. The molecule has 74 valence electrons. The van der Waals surface area contributed by atoms with Crippen LogP contribution in [0.5, 0.6) is 0 Å². The van der Waals surface area contributed by atoms with E-state index < -0.39 is 11.9 Å². The van der Waals surface area contributed by atoms with Crippen LogP contribution in [0, 0.1) is 0 Å². The monoisotopic (exact) mass is 191 g/mol. The summed E-state index contributed by atoms with van der Waals surface area (Å²) >= 11 is 0. The Morgan fingerprint density at radius 3 is 3.00 bits per heavy atom. The summed E-state index contributed by atoms with van der Waals surface area (Å²) in [6.45, 7) is 1.40. The van der Waals surface area contributed by atoms with Crippen LogP contribution in [-0.4, -0.2) is 24.2 Å². The van der Waals surface area contributed by atoms with Crippen molar-refractivity contribution >= 4 is 5.97 Å². The molecule has 1 aliphatic heterocycles. The lowest BCUT2D eigenvalue weighted by Crippen LogP contribution is -2.25. The maximum atomic E-state index is 11.0. The van der Waals surface area contributed by atoms with Crippen molar-refractivity contribution in [2.45, 2.75) is 12.3 Å². The predicted molar refractivity (Wildman–Crippen MR) is 53.4 cm³/mol. The van der Waals surface area contributed by atoms with Crippen molar-refractivity contribution < 1.29 is 9.90 Å². The molecular weight excluding hydrogens is 178 g/mol. The van der Waals surface area contributed by atoms with Gasteiger partial charge in [-0.1, -0.05) is 24.3 Å². The highest BCUT2D eigenvalue weighted by Crippen LogP contribution is 2.22. The van der Waals surface area contributed by atoms with Gasteiger partial charge in [-0.25, -0.2) is 0 Å². The number of hydrogen-bond acceptors (Lipinski definition) is 2. The first-order valence-corrected chi connectivity index (χ1v) is 4.80. The second-order valence-corrected chi connectivity index (χ2v) is 3.54. The summed E-state index contributed by atoms with van der Waals surface area (Å²) < 4.78 is 0. The van der Waals surface area contributed by atoms with Gasteiger partial charge in [-0.2, -0.15) is 0 Å². The van der Waals surface area contributed by atoms with Gasteiger partial charge >= 0.3 is 5.97 Å². The second kappa shape index (κ2) is 3.80. The van der Waals surface area contributed by atoms with E-state index in [9.17, 15) is 4.79 Å². The third kappa shape index (κ3) is 1.63. The van der Waals surface area contributed by atoms with E-state index >= 15 is 0 Å². The Morgan fingerprint density at radius 1 is 1.43 bits per heavy atom. The molecule has 0 aliphatic carbocycles. The van der Waals surface area contributed by atoms with Gasteiger partial charge in [-0.05, 0) is 24.1 Å². The normalized spacial score (nSPS) is 21.0. The molecule has 2 N–H and O–H groups in total. The first-order valence-electron chi connectivity index (χ1n) is 4.80. The molecule has 3 heteroatoms. The van der Waals surface area contributed by atoms with Gasteiger partial charge < -0.3 is 10.4 Å². The first kappa shape index (κ1) is 9.21. The fraction of sp³-hybridized carbons (Fsp3) is 0.364. The van der Waals surface area contributed by atoms with E-state index in [1.807, 2.05) is 24.3 Å². The van der Waals surface area contributed by atoms with E-state index in [4.69, 9.17) is 5.11 Å². The molecule has 1 aliphatic rings. The van der Waals surface area contributed by atoms with E-state index in [0.29, 0.717) is 6.54 Å². The van der Waals surface area contributed by atoms with Gasteiger partial charge in [-0.3, -0.25) is 4.79 Å². The Kier molecular flexibility index (Phi) is 2.50. The van der Waals surface area contributed by atoms with Crippen molar-refractivity contribution in [1.82, 2.24) is 5.32 Å². The fourth-order valence-corrected chi connectivity index (χ4v) is 1.90. The van der Waals surface area contributed by atoms with E-state index in [0.717, 1.165) is 24.1 Å². The highest BCUT2D eigenvalue weighted by molar-refractivity contribution is 5.77. The Labute approximate surface area is 82.8 Å². The van der Waals surface area contributed by atoms with Gasteiger partial charge in [0.2, 0.25) is 0 Å². The van der Waals surface area contributed by atoms with Crippen molar-refractivity contribution in [3.05, 3.63) is 35.4 Å². The number of nitrogens with one attached hydrogen (secondary N) is 1. The zero-order chi connectivity index (χ0) is 9.97. The minimum atomic E-state index is -0.744. The van der Waals surface area contributed by atoms with Crippen LogP contribution in [-0.2, 0) is 11.2 Å². The predicted octanol–water partition coefficient (Wildman–Crippen LogP) is 1.00. The highest BCUT2D eigenvalue weighted by Gasteiger charge is 2.23. The zero-order valence-electron chi connectivity index (χ0n) is 7.86. The Bertz CT molecular complexity index is 349. The molecule has 14 heavy (non-hydrogen) atoms. The maximum Gasteiger partial charge on any atom is 0.312 e. The number of hydrogen-bond donors (Lipinski definition) is 2.